The lowest BCUT2D eigenvalue weighted by Gasteiger charge is -2.36. The van der Waals surface area contributed by atoms with Crippen LogP contribution in [0.15, 0.2) is 12.1 Å². The molecule has 0 unspecified atom stereocenters. The molecule has 2 amide bonds. The molecule has 0 atom stereocenters. The van der Waals surface area contributed by atoms with Crippen molar-refractivity contribution in [1.29, 1.82) is 0 Å². The van der Waals surface area contributed by atoms with Crippen molar-refractivity contribution in [2.24, 2.45) is 0 Å². The first-order valence-corrected chi connectivity index (χ1v) is 12.0. The topological polar surface area (TPSA) is 81.2 Å². The second kappa shape index (κ2) is 10.7. The lowest BCUT2D eigenvalue weighted by atomic mass is 9.94. The minimum absolute atomic E-state index is 0.0545. The van der Waals surface area contributed by atoms with Crippen LogP contribution in [0.1, 0.15) is 75.3 Å². The number of nitrogens with zero attached hydrogens (tertiary/aromatic N) is 3. The quantitative estimate of drug-likeness (QED) is 0.654. The lowest BCUT2D eigenvalue weighted by molar-refractivity contribution is -0.0678. The summed E-state index contributed by atoms with van der Waals surface area (Å²) in [5, 5.41) is 0. The molecule has 33 heavy (non-hydrogen) atoms. The molecule has 0 N–H and O–H groups in total. The van der Waals surface area contributed by atoms with Crippen molar-refractivity contribution in [2.75, 3.05) is 27.2 Å². The number of hydrogen-bond acceptors (Lipinski definition) is 6. The van der Waals surface area contributed by atoms with Crippen molar-refractivity contribution >= 4 is 12.0 Å². The summed E-state index contributed by atoms with van der Waals surface area (Å²) in [7, 11) is 3.47. The molecule has 1 saturated carbocycles. The van der Waals surface area contributed by atoms with Crippen molar-refractivity contribution in [2.45, 2.75) is 90.1 Å². The van der Waals surface area contributed by atoms with Crippen LogP contribution in [0.2, 0.25) is 0 Å². The molecule has 0 bridgehead atoms. The largest absolute Gasteiger partial charge is 0.474 e. The van der Waals surface area contributed by atoms with Crippen LogP contribution in [-0.4, -0.2) is 77.9 Å². The van der Waals surface area contributed by atoms with Gasteiger partial charge in [-0.3, -0.25) is 4.79 Å². The molecular formula is C25H39N3O5. The number of piperidine rings is 1. The molecule has 2 aliphatic rings. The standard InChI is InChI=1S/C25H39N3O5/c1-17-21(23(29)27(5)6)11-12-22(26-17)32-19-9-7-18(8-10-19)31-20-13-15-28(16-14-20)24(30)33-25(2,3)4/h11-12,18-20H,7-10,13-16H2,1-6H3/t18-,19-. The van der Waals surface area contributed by atoms with E-state index in [1.807, 2.05) is 27.7 Å². The Morgan fingerprint density at radius 3 is 2.09 bits per heavy atom. The molecule has 2 heterocycles. The van der Waals surface area contributed by atoms with Crippen LogP contribution >= 0.6 is 0 Å². The van der Waals surface area contributed by atoms with E-state index >= 15 is 0 Å². The number of aromatic nitrogens is 1. The van der Waals surface area contributed by atoms with Crippen LogP contribution in [0, 0.1) is 6.92 Å². The molecule has 0 radical (unpaired) electrons. The number of aryl methyl sites for hydroxylation is 1. The lowest BCUT2D eigenvalue weighted by Crippen LogP contribution is -2.44. The zero-order chi connectivity index (χ0) is 24.2. The third-order valence-electron chi connectivity index (χ3n) is 6.08. The zero-order valence-corrected chi connectivity index (χ0v) is 20.9. The fourth-order valence-electron chi connectivity index (χ4n) is 4.30. The second-order valence-corrected chi connectivity index (χ2v) is 10.3. The predicted molar refractivity (Wildman–Crippen MR) is 126 cm³/mol. The molecule has 1 aromatic rings. The number of likely N-dealkylation sites (tertiary alicyclic amines) is 1. The average molecular weight is 462 g/mol. The molecule has 0 aromatic carbocycles. The van der Waals surface area contributed by atoms with E-state index in [0.717, 1.165) is 38.5 Å². The van der Waals surface area contributed by atoms with Gasteiger partial charge in [-0.05, 0) is 72.3 Å². The Labute approximate surface area is 197 Å². The van der Waals surface area contributed by atoms with Crippen molar-refractivity contribution in [3.63, 3.8) is 0 Å². The van der Waals surface area contributed by atoms with Gasteiger partial charge in [-0.25, -0.2) is 9.78 Å². The smallest absolute Gasteiger partial charge is 0.410 e. The van der Waals surface area contributed by atoms with Gasteiger partial charge < -0.3 is 24.0 Å². The number of pyridine rings is 1. The van der Waals surface area contributed by atoms with Crippen LogP contribution < -0.4 is 4.74 Å². The van der Waals surface area contributed by atoms with Crippen LogP contribution in [0.5, 0.6) is 5.88 Å². The normalized spacial score (nSPS) is 22.1. The van der Waals surface area contributed by atoms with Crippen molar-refractivity contribution in [3.8, 4) is 5.88 Å². The maximum absolute atomic E-state index is 12.2. The molecule has 1 aromatic heterocycles. The molecule has 0 spiro atoms. The Hall–Kier alpha value is -2.35. The van der Waals surface area contributed by atoms with E-state index in [-0.39, 0.29) is 30.3 Å². The fraction of sp³-hybridized carbons (Fsp3) is 0.720. The highest BCUT2D eigenvalue weighted by Crippen LogP contribution is 2.28. The number of carbonyl (C=O) groups is 2. The van der Waals surface area contributed by atoms with Gasteiger partial charge in [0.25, 0.3) is 5.91 Å². The van der Waals surface area contributed by atoms with E-state index < -0.39 is 5.60 Å². The minimum Gasteiger partial charge on any atom is -0.474 e. The van der Waals surface area contributed by atoms with E-state index in [9.17, 15) is 9.59 Å². The summed E-state index contributed by atoms with van der Waals surface area (Å²) < 4.78 is 17.9. The maximum Gasteiger partial charge on any atom is 0.410 e. The summed E-state index contributed by atoms with van der Waals surface area (Å²) in [6.07, 6.45) is 5.73. The molecule has 1 aliphatic heterocycles. The number of rotatable bonds is 5. The Morgan fingerprint density at radius 2 is 1.55 bits per heavy atom. The van der Waals surface area contributed by atoms with Crippen LogP contribution in [0.3, 0.4) is 0 Å². The number of carbonyl (C=O) groups excluding carboxylic acids is 2. The number of amides is 2. The molecule has 8 nitrogen and oxygen atoms in total. The van der Waals surface area contributed by atoms with E-state index in [0.29, 0.717) is 30.2 Å². The summed E-state index contributed by atoms with van der Waals surface area (Å²) in [5.74, 6) is 0.517. The first-order valence-electron chi connectivity index (χ1n) is 12.0. The van der Waals surface area contributed by atoms with Gasteiger partial charge in [0.15, 0.2) is 0 Å². The Balaban J connectivity index is 1.40. The SMILES string of the molecule is Cc1nc(O[C@H]2CC[C@H](OC3CCN(C(=O)OC(C)(C)C)CC3)CC2)ccc1C(=O)N(C)C. The second-order valence-electron chi connectivity index (χ2n) is 10.3. The van der Waals surface area contributed by atoms with Gasteiger partial charge >= 0.3 is 6.09 Å². The summed E-state index contributed by atoms with van der Waals surface area (Å²) in [4.78, 5) is 32.2. The average Bonchev–Trinajstić information content (AvgIpc) is 2.74. The third kappa shape index (κ3) is 7.32. The number of ether oxygens (including phenoxy) is 3. The van der Waals surface area contributed by atoms with E-state index in [4.69, 9.17) is 14.2 Å². The van der Waals surface area contributed by atoms with E-state index in [2.05, 4.69) is 4.98 Å². The molecule has 3 rings (SSSR count). The van der Waals surface area contributed by atoms with Gasteiger partial charge in [-0.1, -0.05) is 0 Å². The van der Waals surface area contributed by atoms with E-state index in [1.54, 1.807) is 36.0 Å². The zero-order valence-electron chi connectivity index (χ0n) is 20.9. The van der Waals surface area contributed by atoms with Crippen molar-refractivity contribution in [1.82, 2.24) is 14.8 Å². The summed E-state index contributed by atoms with van der Waals surface area (Å²) in [5.41, 5.74) is 0.813. The van der Waals surface area contributed by atoms with Crippen LogP contribution in [0.4, 0.5) is 4.79 Å². The Bertz CT molecular complexity index is 820. The predicted octanol–water partition coefficient (Wildman–Crippen LogP) is 4.20. The van der Waals surface area contributed by atoms with Gasteiger partial charge in [-0.15, -0.1) is 0 Å². The Kier molecular flexibility index (Phi) is 8.21. The molecular weight excluding hydrogens is 422 g/mol. The van der Waals surface area contributed by atoms with Crippen LogP contribution in [-0.2, 0) is 9.47 Å². The first kappa shape index (κ1) is 25.3. The monoisotopic (exact) mass is 461 g/mol. The first-order chi connectivity index (χ1) is 15.5. The van der Waals surface area contributed by atoms with Gasteiger partial charge in [0.2, 0.25) is 5.88 Å². The minimum atomic E-state index is -0.467. The van der Waals surface area contributed by atoms with Gasteiger partial charge in [-0.2, -0.15) is 0 Å². The van der Waals surface area contributed by atoms with E-state index in [1.165, 1.54) is 0 Å². The summed E-state index contributed by atoms with van der Waals surface area (Å²) >= 11 is 0. The van der Waals surface area contributed by atoms with Gasteiger partial charge in [0.05, 0.1) is 23.5 Å². The highest BCUT2D eigenvalue weighted by Gasteiger charge is 2.30. The highest BCUT2D eigenvalue weighted by atomic mass is 16.6. The fourth-order valence-corrected chi connectivity index (χ4v) is 4.30. The van der Waals surface area contributed by atoms with Crippen LogP contribution in [0.25, 0.3) is 0 Å². The number of hydrogen-bond donors (Lipinski definition) is 0. The summed E-state index contributed by atoms with van der Waals surface area (Å²) in [6, 6.07) is 3.57. The third-order valence-corrected chi connectivity index (χ3v) is 6.08. The molecule has 2 fully saturated rings. The molecule has 8 heteroatoms. The van der Waals surface area contributed by atoms with Crippen molar-refractivity contribution < 1.29 is 23.8 Å². The molecule has 1 aliphatic carbocycles. The Morgan fingerprint density at radius 1 is 0.970 bits per heavy atom. The van der Waals surface area contributed by atoms with Gasteiger partial charge in [0.1, 0.15) is 11.7 Å². The van der Waals surface area contributed by atoms with Gasteiger partial charge in [0, 0.05) is 33.3 Å². The van der Waals surface area contributed by atoms with Crippen molar-refractivity contribution in [3.05, 3.63) is 23.4 Å². The molecule has 1 saturated heterocycles. The highest BCUT2D eigenvalue weighted by molar-refractivity contribution is 5.94. The molecule has 184 valence electrons. The maximum atomic E-state index is 12.2. The summed E-state index contributed by atoms with van der Waals surface area (Å²) in [6.45, 7) is 8.85.